The van der Waals surface area contributed by atoms with Crippen molar-refractivity contribution in [3.63, 3.8) is 0 Å². The van der Waals surface area contributed by atoms with Gasteiger partial charge in [0.1, 0.15) is 0 Å². The summed E-state index contributed by atoms with van der Waals surface area (Å²) in [5.74, 6) is 0. The fourth-order valence-electron chi connectivity index (χ4n) is 0.476. The van der Waals surface area contributed by atoms with Gasteiger partial charge < -0.3 is 9.22 Å². The second kappa shape index (κ2) is 4.90. The molecule has 0 aromatic rings. The van der Waals surface area contributed by atoms with Crippen LogP contribution in [0.3, 0.4) is 0 Å². The van der Waals surface area contributed by atoms with E-state index in [2.05, 4.69) is 27.9 Å². The zero-order valence-corrected chi connectivity index (χ0v) is 11.5. The third-order valence-corrected chi connectivity index (χ3v) is 2.03. The maximum absolute atomic E-state index is 10.7. The average molecular weight is 291 g/mol. The molecule has 0 aliphatic carbocycles. The topological polar surface area (TPSA) is 9.23 Å². The van der Waals surface area contributed by atoms with E-state index < -0.39 is 7.81 Å². The summed E-state index contributed by atoms with van der Waals surface area (Å²) in [7, 11) is -6.30. The first kappa shape index (κ1) is 19.3. The van der Waals surface area contributed by atoms with Crippen LogP contribution in [-0.2, 0) is 4.74 Å². The van der Waals surface area contributed by atoms with Gasteiger partial charge in [-0.05, 0) is 20.8 Å². The van der Waals surface area contributed by atoms with E-state index in [1.165, 1.54) is 0 Å². The summed E-state index contributed by atoms with van der Waals surface area (Å²) in [6.07, 6.45) is 0. The standard InChI is InChI=1S/C8H20NO.F6P/c1-6-10-7-9(4,5)8(2)3;1-7(2,3,4,5)6/h8H,6-7H2,1-5H3;/q+1;-1. The molecular formula is C8H20F6NOP. The van der Waals surface area contributed by atoms with Crippen LogP contribution in [0.5, 0.6) is 0 Å². The molecule has 0 N–H and O–H groups in total. The van der Waals surface area contributed by atoms with Crippen LogP contribution in [0.1, 0.15) is 20.8 Å². The summed E-state index contributed by atoms with van der Waals surface area (Å²) in [5.41, 5.74) is 0. The summed E-state index contributed by atoms with van der Waals surface area (Å²) in [6.45, 7) is 8.07. The van der Waals surface area contributed by atoms with E-state index in [4.69, 9.17) is 4.74 Å². The van der Waals surface area contributed by atoms with E-state index in [-0.39, 0.29) is 0 Å². The summed E-state index contributed by atoms with van der Waals surface area (Å²) in [5, 5.41) is 0. The first-order valence-corrected chi connectivity index (χ1v) is 6.95. The van der Waals surface area contributed by atoms with Crippen molar-refractivity contribution in [3.8, 4) is 0 Å². The Morgan fingerprint density at radius 3 is 1.47 bits per heavy atom. The van der Waals surface area contributed by atoms with Crippen LogP contribution in [0.15, 0.2) is 0 Å². The van der Waals surface area contributed by atoms with Crippen LogP contribution in [0.25, 0.3) is 0 Å². The average Bonchev–Trinajstić information content (AvgIpc) is 1.94. The van der Waals surface area contributed by atoms with Gasteiger partial charge in [-0.25, -0.2) is 0 Å². The van der Waals surface area contributed by atoms with Gasteiger partial charge in [0, 0.05) is 6.61 Å². The molecule has 0 fully saturated rings. The number of quaternary nitrogens is 1. The van der Waals surface area contributed by atoms with Crippen LogP contribution < -0.4 is 0 Å². The molecule has 0 heterocycles. The Hall–Kier alpha value is -0.0700. The van der Waals surface area contributed by atoms with Gasteiger partial charge in [0.15, 0.2) is 6.73 Å². The SMILES string of the molecule is CCOC[N+](C)(C)C(C)C.F[P-](F)(F)(F)(F)F. The Morgan fingerprint density at radius 2 is 1.29 bits per heavy atom. The Kier molecular flexibility index (Phi) is 5.55. The number of ether oxygens (including phenoxy) is 1. The fourth-order valence-corrected chi connectivity index (χ4v) is 0.476. The molecule has 0 atom stereocenters. The van der Waals surface area contributed by atoms with E-state index in [0.29, 0.717) is 6.04 Å². The Bertz CT molecular complexity index is 222. The summed E-state index contributed by atoms with van der Waals surface area (Å²) < 4.78 is 65.5. The molecule has 0 saturated heterocycles. The molecule has 0 saturated carbocycles. The second-order valence-corrected chi connectivity index (χ2v) is 6.37. The molecule has 0 aromatic heterocycles. The molecule has 0 amide bonds. The normalized spacial score (nSPS) is 16.9. The molecule has 0 aromatic carbocycles. The zero-order chi connectivity index (χ0) is 14.6. The fraction of sp³-hybridized carbons (Fsp3) is 1.00. The van der Waals surface area contributed by atoms with E-state index in [1.807, 2.05) is 6.92 Å². The van der Waals surface area contributed by atoms with E-state index in [0.717, 1.165) is 17.8 Å². The molecule has 0 aliphatic rings. The van der Waals surface area contributed by atoms with Crippen LogP contribution in [0.2, 0.25) is 0 Å². The van der Waals surface area contributed by atoms with Crippen LogP contribution in [-0.4, -0.2) is 38.0 Å². The van der Waals surface area contributed by atoms with Crippen molar-refractivity contribution in [2.75, 3.05) is 27.4 Å². The molecule has 0 rings (SSSR count). The monoisotopic (exact) mass is 291 g/mol. The van der Waals surface area contributed by atoms with Gasteiger partial charge in [0.05, 0.1) is 20.1 Å². The van der Waals surface area contributed by atoms with Crippen molar-refractivity contribution in [1.29, 1.82) is 0 Å². The van der Waals surface area contributed by atoms with Gasteiger partial charge in [0.2, 0.25) is 0 Å². The molecule has 110 valence electrons. The predicted octanol–water partition coefficient (Wildman–Crippen LogP) is 4.85. The van der Waals surface area contributed by atoms with Gasteiger partial charge >= 0.3 is 33.0 Å². The first-order chi connectivity index (χ1) is 6.95. The maximum atomic E-state index is 9.87. The number of hydrogen-bond acceptors (Lipinski definition) is 1. The molecule has 0 unspecified atom stereocenters. The minimum absolute atomic E-state index is 0.631. The van der Waals surface area contributed by atoms with Crippen molar-refractivity contribution >= 4 is 7.81 Å². The summed E-state index contributed by atoms with van der Waals surface area (Å²) >= 11 is 0. The van der Waals surface area contributed by atoms with Crippen molar-refractivity contribution < 1.29 is 34.4 Å². The third kappa shape index (κ3) is 25.9. The number of hydrogen-bond donors (Lipinski definition) is 0. The number of rotatable bonds is 4. The van der Waals surface area contributed by atoms with Gasteiger partial charge in [-0.2, -0.15) is 0 Å². The van der Waals surface area contributed by atoms with Crippen LogP contribution in [0.4, 0.5) is 25.2 Å². The molecule has 0 radical (unpaired) electrons. The van der Waals surface area contributed by atoms with E-state index in [9.17, 15) is 25.2 Å². The van der Waals surface area contributed by atoms with Gasteiger partial charge in [-0.3, -0.25) is 0 Å². The Balaban J connectivity index is 0. The van der Waals surface area contributed by atoms with E-state index >= 15 is 0 Å². The number of halogens is 6. The second-order valence-electron chi connectivity index (χ2n) is 4.45. The number of nitrogens with zero attached hydrogens (tertiary/aromatic N) is 1. The summed E-state index contributed by atoms with van der Waals surface area (Å²) in [4.78, 5) is 0. The van der Waals surface area contributed by atoms with Crippen LogP contribution in [0, 0.1) is 0 Å². The molecular weight excluding hydrogens is 271 g/mol. The van der Waals surface area contributed by atoms with Crippen molar-refractivity contribution in [2.24, 2.45) is 0 Å². The first-order valence-electron chi connectivity index (χ1n) is 4.92. The van der Waals surface area contributed by atoms with Gasteiger partial charge in [-0.1, -0.05) is 0 Å². The van der Waals surface area contributed by atoms with Crippen molar-refractivity contribution in [3.05, 3.63) is 0 Å². The summed E-state index contributed by atoms with van der Waals surface area (Å²) in [6, 6.07) is 0.631. The zero-order valence-electron chi connectivity index (χ0n) is 10.6. The molecule has 0 aliphatic heterocycles. The Morgan fingerprint density at radius 1 is 1.00 bits per heavy atom. The predicted molar refractivity (Wildman–Crippen MR) is 57.3 cm³/mol. The molecule has 2 nitrogen and oxygen atoms in total. The van der Waals surface area contributed by atoms with Gasteiger partial charge in [0.25, 0.3) is 0 Å². The molecule has 0 bridgehead atoms. The van der Waals surface area contributed by atoms with Crippen molar-refractivity contribution in [1.82, 2.24) is 0 Å². The van der Waals surface area contributed by atoms with Crippen LogP contribution >= 0.6 is 7.81 Å². The third-order valence-electron chi connectivity index (χ3n) is 2.03. The molecule has 0 spiro atoms. The minimum atomic E-state index is -10.7. The Labute approximate surface area is 97.4 Å². The molecule has 9 heteroatoms. The molecule has 17 heavy (non-hydrogen) atoms. The van der Waals surface area contributed by atoms with Crippen molar-refractivity contribution in [2.45, 2.75) is 26.8 Å². The van der Waals surface area contributed by atoms with E-state index in [1.54, 1.807) is 0 Å². The van der Waals surface area contributed by atoms with Gasteiger partial charge in [-0.15, -0.1) is 0 Å². The quantitative estimate of drug-likeness (QED) is 0.311.